The summed E-state index contributed by atoms with van der Waals surface area (Å²) in [5.41, 5.74) is -7.17. The highest BCUT2D eigenvalue weighted by atomic mass is 19.1. The lowest BCUT2D eigenvalue weighted by atomic mass is 9.45. The van der Waals surface area contributed by atoms with E-state index in [2.05, 4.69) is 22.5 Å². The van der Waals surface area contributed by atoms with Gasteiger partial charge in [-0.1, -0.05) is 61.6 Å². The summed E-state index contributed by atoms with van der Waals surface area (Å²) >= 11 is 0. The van der Waals surface area contributed by atoms with Gasteiger partial charge in [-0.25, -0.2) is 13.6 Å². The van der Waals surface area contributed by atoms with Gasteiger partial charge in [-0.2, -0.15) is 4.89 Å². The Balaban J connectivity index is 1.43. The molecule has 0 saturated heterocycles. The van der Waals surface area contributed by atoms with Gasteiger partial charge >= 0.3 is 5.97 Å². The largest absolute Gasteiger partial charge is 0.479 e. The zero-order valence-electron chi connectivity index (χ0n) is 32.7. The second kappa shape index (κ2) is 17.6. The standard InChI is InChI=1S/C42H55F2N3O9/c1-7-12-29(15-10-9-13-28-14-11-19-38(4,23-28)47-35(51)25-45-36(52)27(3)46-26-49)55-56-41(37(53)54)20-16-30-32-22-33(43)31(17-21-48)39(5,18-8-2)42(32,44)34(50)24-40(30,41)6/h7-8,10-12,14-15,17-19,21,26-27,30,32-34,50H,1,9,13,16,20,22-25H2,2-6H3,(H,45,52)(H,46,49)(H,47,51)(H,53,54)/b15-10-,18-8-,29-12+,31-17+/t27-,30?,32?,33-,34?,38?,39?,40?,41?,42-/m0/s1. The number of fused-ring (bicyclic) bond motifs is 3. The minimum Gasteiger partial charge on any atom is -0.479 e. The van der Waals surface area contributed by atoms with Gasteiger partial charge in [-0.3, -0.25) is 19.2 Å². The third-order valence-electron chi connectivity index (χ3n) is 12.4. The first-order chi connectivity index (χ1) is 26.4. The summed E-state index contributed by atoms with van der Waals surface area (Å²) in [6, 6.07) is -0.778. The van der Waals surface area contributed by atoms with Crippen molar-refractivity contribution in [3.8, 4) is 0 Å². The van der Waals surface area contributed by atoms with Crippen molar-refractivity contribution in [3.05, 3.63) is 84.2 Å². The molecular weight excluding hydrogens is 728 g/mol. The third kappa shape index (κ3) is 8.22. The Morgan fingerprint density at radius 1 is 1.18 bits per heavy atom. The van der Waals surface area contributed by atoms with Gasteiger partial charge in [0.05, 0.1) is 18.2 Å². The number of aliphatic hydroxyl groups is 1. The molecule has 0 bridgehead atoms. The normalized spacial score (nSPS) is 36.6. The van der Waals surface area contributed by atoms with Crippen molar-refractivity contribution >= 4 is 30.5 Å². The molecule has 5 N–H and O–H groups in total. The highest BCUT2D eigenvalue weighted by Crippen LogP contribution is 2.70. The number of rotatable bonds is 17. The Labute approximate surface area is 326 Å². The third-order valence-corrected chi connectivity index (χ3v) is 12.4. The molecule has 0 aromatic heterocycles. The van der Waals surface area contributed by atoms with Crippen LogP contribution in [0.4, 0.5) is 8.78 Å². The van der Waals surface area contributed by atoms with Crippen molar-refractivity contribution in [2.45, 2.75) is 115 Å². The lowest BCUT2D eigenvalue weighted by Gasteiger charge is -2.62. The fourth-order valence-electron chi connectivity index (χ4n) is 9.63. The summed E-state index contributed by atoms with van der Waals surface area (Å²) in [7, 11) is 0. The van der Waals surface area contributed by atoms with Gasteiger partial charge in [0.15, 0.2) is 11.4 Å². The number of carbonyl (C=O) groups is 5. The number of carboxylic acids is 1. The van der Waals surface area contributed by atoms with E-state index in [0.29, 0.717) is 32.0 Å². The van der Waals surface area contributed by atoms with Crippen molar-refractivity contribution in [3.63, 3.8) is 0 Å². The van der Waals surface area contributed by atoms with Gasteiger partial charge in [-0.05, 0) is 102 Å². The molecule has 0 heterocycles. The maximum atomic E-state index is 17.7. The average Bonchev–Trinajstić information content (AvgIpc) is 3.43. The number of aliphatic carboxylic acids is 1. The Kier molecular flexibility index (Phi) is 13.9. The van der Waals surface area contributed by atoms with Crippen LogP contribution in [0.3, 0.4) is 0 Å². The Hall–Kier alpha value is -4.69. The Bertz CT molecular complexity index is 1740. The van der Waals surface area contributed by atoms with E-state index < -0.39 is 75.6 Å². The van der Waals surface area contributed by atoms with E-state index in [1.54, 1.807) is 26.0 Å². The zero-order valence-corrected chi connectivity index (χ0v) is 32.7. The van der Waals surface area contributed by atoms with E-state index in [1.807, 2.05) is 31.2 Å². The van der Waals surface area contributed by atoms with Gasteiger partial charge in [0.25, 0.3) is 0 Å². The smallest absolute Gasteiger partial charge is 0.341 e. The van der Waals surface area contributed by atoms with Crippen LogP contribution < -0.4 is 16.0 Å². The van der Waals surface area contributed by atoms with Crippen LogP contribution >= 0.6 is 0 Å². The molecule has 0 spiro atoms. The molecule has 0 aromatic rings. The number of carboxylic acid groups (broad SMARTS) is 1. The molecule has 3 fully saturated rings. The second-order valence-corrected chi connectivity index (χ2v) is 15.9. The van der Waals surface area contributed by atoms with Crippen LogP contribution in [0.1, 0.15) is 79.6 Å². The predicted molar refractivity (Wildman–Crippen MR) is 205 cm³/mol. The monoisotopic (exact) mass is 783 g/mol. The Morgan fingerprint density at radius 2 is 1.91 bits per heavy atom. The van der Waals surface area contributed by atoms with Gasteiger partial charge in [0.1, 0.15) is 18.5 Å². The lowest BCUT2D eigenvalue weighted by molar-refractivity contribution is -0.358. The molecule has 7 unspecified atom stereocenters. The molecule has 14 heteroatoms. The van der Waals surface area contributed by atoms with Crippen molar-refractivity contribution in [1.82, 2.24) is 16.0 Å². The molecule has 4 aliphatic carbocycles. The lowest BCUT2D eigenvalue weighted by Crippen LogP contribution is -2.70. The zero-order chi connectivity index (χ0) is 41.5. The summed E-state index contributed by atoms with van der Waals surface area (Å²) in [5, 5.41) is 30.1. The van der Waals surface area contributed by atoms with Crippen LogP contribution in [-0.4, -0.2) is 82.4 Å². The van der Waals surface area contributed by atoms with E-state index in [0.717, 1.165) is 11.6 Å². The van der Waals surface area contributed by atoms with Crippen LogP contribution in [0, 0.1) is 22.7 Å². The van der Waals surface area contributed by atoms with Crippen LogP contribution in [0.5, 0.6) is 0 Å². The van der Waals surface area contributed by atoms with E-state index in [9.17, 15) is 34.2 Å². The number of hydrogen-bond acceptors (Lipinski definition) is 8. The molecule has 3 amide bonds. The van der Waals surface area contributed by atoms with E-state index in [-0.39, 0.29) is 43.6 Å². The maximum absolute atomic E-state index is 17.7. The molecule has 4 aliphatic rings. The van der Waals surface area contributed by atoms with Gasteiger partial charge < -0.3 is 31.1 Å². The van der Waals surface area contributed by atoms with Crippen molar-refractivity contribution in [2.24, 2.45) is 22.7 Å². The van der Waals surface area contributed by atoms with Crippen LogP contribution in [0.2, 0.25) is 0 Å². The number of allylic oxidation sites excluding steroid dienone is 10. The number of halogens is 2. The fourth-order valence-corrected chi connectivity index (χ4v) is 9.63. The number of aliphatic hydroxyl groups excluding tert-OH is 1. The molecule has 4 rings (SSSR count). The second-order valence-electron chi connectivity index (χ2n) is 15.9. The van der Waals surface area contributed by atoms with E-state index in [1.165, 1.54) is 32.1 Å². The number of nitrogens with one attached hydrogen (secondary N) is 3. The van der Waals surface area contributed by atoms with E-state index in [4.69, 9.17) is 9.78 Å². The van der Waals surface area contributed by atoms with Crippen molar-refractivity contribution in [1.29, 1.82) is 0 Å². The molecule has 12 nitrogen and oxygen atoms in total. The Morgan fingerprint density at radius 3 is 2.55 bits per heavy atom. The van der Waals surface area contributed by atoms with Crippen molar-refractivity contribution < 1.29 is 52.7 Å². The molecule has 56 heavy (non-hydrogen) atoms. The first-order valence-electron chi connectivity index (χ1n) is 19.0. The predicted octanol–water partition coefficient (Wildman–Crippen LogP) is 5.13. The number of aldehydes is 1. The van der Waals surface area contributed by atoms with Crippen LogP contribution in [-0.2, 0) is 33.7 Å². The summed E-state index contributed by atoms with van der Waals surface area (Å²) < 4.78 is 33.5. The van der Waals surface area contributed by atoms with Crippen LogP contribution in [0.25, 0.3) is 0 Å². The number of amides is 3. The molecule has 306 valence electrons. The fraction of sp³-hybridized carbons (Fsp3) is 0.548. The van der Waals surface area contributed by atoms with Gasteiger partial charge in [0.2, 0.25) is 23.8 Å². The number of hydrogen-bond donors (Lipinski definition) is 5. The topological polar surface area (TPSA) is 180 Å². The first kappa shape index (κ1) is 44.0. The minimum absolute atomic E-state index is 0.0594. The summed E-state index contributed by atoms with van der Waals surface area (Å²) in [5.74, 6) is -3.90. The molecule has 0 aromatic carbocycles. The van der Waals surface area contributed by atoms with Crippen molar-refractivity contribution in [2.75, 3.05) is 6.54 Å². The quantitative estimate of drug-likeness (QED) is 0.0254. The molecular formula is C42H55F2N3O9. The maximum Gasteiger partial charge on any atom is 0.341 e. The van der Waals surface area contributed by atoms with Gasteiger partial charge in [-0.15, -0.1) is 0 Å². The molecule has 0 radical (unpaired) electrons. The minimum atomic E-state index is -2.40. The molecule has 10 atom stereocenters. The highest BCUT2D eigenvalue weighted by Gasteiger charge is 2.76. The molecule has 3 saturated carbocycles. The van der Waals surface area contributed by atoms with Crippen LogP contribution in [0.15, 0.2) is 84.2 Å². The average molecular weight is 784 g/mol. The SMILES string of the molecule is C=C/C=C(\C=C/CCC1=CC=CC(C)(NC(=O)CNC(=O)[C@H](C)NC=O)C1)OOC1(C(=O)O)CCC2C3C[C@H](F)/C(=C\C=O)C(C)(/C=C\C)[C@@]3(F)C(O)CC21C. The summed E-state index contributed by atoms with van der Waals surface area (Å²) in [6.45, 7) is 11.6. The first-order valence-corrected chi connectivity index (χ1v) is 19.0. The van der Waals surface area contributed by atoms with E-state index >= 15 is 8.78 Å². The summed E-state index contributed by atoms with van der Waals surface area (Å²) in [6.07, 6.45) is 14.6. The number of alkyl halides is 2. The molecule has 0 aliphatic heterocycles. The number of carbonyl (C=O) groups excluding carboxylic acids is 4. The van der Waals surface area contributed by atoms with Gasteiger partial charge in [0, 0.05) is 16.7 Å². The highest BCUT2D eigenvalue weighted by molar-refractivity contribution is 5.88. The summed E-state index contributed by atoms with van der Waals surface area (Å²) in [4.78, 5) is 71.5.